The summed E-state index contributed by atoms with van der Waals surface area (Å²) >= 11 is 0. The molecule has 0 aliphatic carbocycles. The van der Waals surface area contributed by atoms with E-state index >= 15 is 0 Å². The molecule has 0 spiro atoms. The van der Waals surface area contributed by atoms with Crippen LogP contribution in [0.25, 0.3) is 0 Å². The number of rotatable bonds is 5. The van der Waals surface area contributed by atoms with Gasteiger partial charge in [0.2, 0.25) is 5.82 Å². The summed E-state index contributed by atoms with van der Waals surface area (Å²) in [5.41, 5.74) is 3.01. The van der Waals surface area contributed by atoms with Gasteiger partial charge in [-0.3, -0.25) is 9.52 Å². The lowest BCUT2D eigenvalue weighted by atomic mass is 10.1. The van der Waals surface area contributed by atoms with Crippen molar-refractivity contribution in [1.82, 2.24) is 25.5 Å². The lowest BCUT2D eigenvalue weighted by molar-refractivity contribution is 0.0767. The van der Waals surface area contributed by atoms with Crippen LogP contribution >= 0.6 is 0 Å². The number of carbonyl (C=O) groups is 1. The Balaban J connectivity index is 1.39. The number of sulfonamides is 1. The Morgan fingerprint density at radius 1 is 1.00 bits per heavy atom. The number of nitrogens with zero attached hydrogens (tertiary/aromatic N) is 4. The number of anilines is 1. The molecular weight excluding hydrogens is 452 g/mol. The molecule has 1 amide bonds. The maximum Gasteiger partial charge on any atom is 0.261 e. The molecule has 1 aliphatic rings. The van der Waals surface area contributed by atoms with Gasteiger partial charge in [0.25, 0.3) is 15.9 Å². The molecular formula is C24H18N6O3S. The summed E-state index contributed by atoms with van der Waals surface area (Å²) in [5.74, 6) is 5.61. The summed E-state index contributed by atoms with van der Waals surface area (Å²) in [6, 6.07) is 21.0. The van der Waals surface area contributed by atoms with Crippen molar-refractivity contribution in [3.63, 3.8) is 0 Å². The fourth-order valence-corrected chi connectivity index (χ4v) is 4.84. The maximum atomic E-state index is 13.1. The predicted octanol–water partition coefficient (Wildman–Crippen LogP) is 2.56. The first-order valence-corrected chi connectivity index (χ1v) is 11.8. The Kier molecular flexibility index (Phi) is 5.53. The van der Waals surface area contributed by atoms with Gasteiger partial charge in [-0.15, -0.1) is 5.10 Å². The third-order valence-electron chi connectivity index (χ3n) is 5.31. The number of hydrogen-bond acceptors (Lipinski definition) is 6. The molecule has 0 bridgehead atoms. The van der Waals surface area contributed by atoms with Gasteiger partial charge in [-0.1, -0.05) is 53.5 Å². The predicted molar refractivity (Wildman–Crippen MR) is 124 cm³/mol. The third-order valence-corrected chi connectivity index (χ3v) is 6.67. The Morgan fingerprint density at radius 3 is 2.62 bits per heavy atom. The highest BCUT2D eigenvalue weighted by atomic mass is 32.2. The number of hydrogen-bond donors (Lipinski definition) is 2. The summed E-state index contributed by atoms with van der Waals surface area (Å²) < 4.78 is 28.9. The van der Waals surface area contributed by atoms with Crippen LogP contribution < -0.4 is 4.72 Å². The van der Waals surface area contributed by atoms with Crippen molar-refractivity contribution in [2.75, 3.05) is 4.72 Å². The number of tetrazole rings is 1. The Hall–Kier alpha value is -4.49. The molecule has 2 heterocycles. The highest BCUT2D eigenvalue weighted by Gasteiger charge is 2.30. The first-order chi connectivity index (χ1) is 16.5. The molecule has 1 aromatic heterocycles. The lowest BCUT2D eigenvalue weighted by Gasteiger charge is -2.16. The van der Waals surface area contributed by atoms with Crippen molar-refractivity contribution in [3.05, 3.63) is 101 Å². The summed E-state index contributed by atoms with van der Waals surface area (Å²) in [5, 5.41) is 13.2. The van der Waals surface area contributed by atoms with E-state index in [2.05, 4.69) is 37.2 Å². The van der Waals surface area contributed by atoms with Crippen LogP contribution in [0.3, 0.4) is 0 Å². The molecule has 34 heavy (non-hydrogen) atoms. The van der Waals surface area contributed by atoms with Gasteiger partial charge in [0, 0.05) is 29.8 Å². The first kappa shape index (κ1) is 21.4. The zero-order valence-corrected chi connectivity index (χ0v) is 18.6. The number of amides is 1. The van der Waals surface area contributed by atoms with E-state index in [1.807, 2.05) is 30.3 Å². The van der Waals surface area contributed by atoms with Crippen LogP contribution in [0.2, 0.25) is 0 Å². The summed E-state index contributed by atoms with van der Waals surface area (Å²) in [7, 11) is -3.92. The van der Waals surface area contributed by atoms with E-state index in [1.165, 1.54) is 12.1 Å². The maximum absolute atomic E-state index is 13.1. The number of aromatic nitrogens is 4. The van der Waals surface area contributed by atoms with E-state index in [-0.39, 0.29) is 16.6 Å². The summed E-state index contributed by atoms with van der Waals surface area (Å²) in [6.07, 6.45) is 0. The minimum atomic E-state index is -3.92. The molecule has 1 aliphatic heterocycles. The van der Waals surface area contributed by atoms with Crippen LogP contribution in [-0.2, 0) is 23.1 Å². The first-order valence-electron chi connectivity index (χ1n) is 10.3. The van der Waals surface area contributed by atoms with Crippen LogP contribution in [0.5, 0.6) is 0 Å². The van der Waals surface area contributed by atoms with Gasteiger partial charge in [-0.25, -0.2) is 8.42 Å². The van der Waals surface area contributed by atoms with Crippen molar-refractivity contribution in [1.29, 1.82) is 0 Å². The molecule has 0 fully saturated rings. The Labute approximate surface area is 195 Å². The molecule has 0 radical (unpaired) electrons. The van der Waals surface area contributed by atoms with Gasteiger partial charge >= 0.3 is 0 Å². The lowest BCUT2D eigenvalue weighted by Crippen LogP contribution is -2.23. The zero-order valence-electron chi connectivity index (χ0n) is 17.8. The van der Waals surface area contributed by atoms with Gasteiger partial charge in [-0.2, -0.15) is 5.21 Å². The van der Waals surface area contributed by atoms with Gasteiger partial charge in [0.15, 0.2) is 0 Å². The van der Waals surface area contributed by atoms with Crippen LogP contribution in [0.1, 0.15) is 32.9 Å². The highest BCUT2D eigenvalue weighted by Crippen LogP contribution is 2.31. The number of carbonyl (C=O) groups excluding carboxylic acids is 1. The largest absolute Gasteiger partial charge is 0.330 e. The molecule has 4 aromatic rings. The molecule has 0 saturated carbocycles. The van der Waals surface area contributed by atoms with E-state index in [4.69, 9.17) is 0 Å². The van der Waals surface area contributed by atoms with Gasteiger partial charge in [0.05, 0.1) is 10.6 Å². The second-order valence-electron chi connectivity index (χ2n) is 7.60. The summed E-state index contributed by atoms with van der Waals surface area (Å²) in [4.78, 5) is 14.7. The topological polar surface area (TPSA) is 121 Å². The number of H-pyrrole nitrogens is 1. The fourth-order valence-electron chi connectivity index (χ4n) is 3.71. The standard InChI is InChI=1S/C24H18N6O3S/c31-24-20-10-5-11-22(21(20)16-30(24)15-18-6-2-1-3-7-18)27-34(32,33)19-9-4-8-17(14-19)12-13-23-25-28-29-26-23/h1-11,14,27H,15-16H2,(H,25,26,28,29). The number of fused-ring (bicyclic) bond motifs is 1. The Bertz CT molecular complexity index is 1520. The molecule has 0 saturated heterocycles. The molecule has 10 heteroatoms. The van der Waals surface area contributed by atoms with E-state index in [0.29, 0.717) is 35.5 Å². The van der Waals surface area contributed by atoms with Crippen molar-refractivity contribution < 1.29 is 13.2 Å². The van der Waals surface area contributed by atoms with Crippen LogP contribution in [-0.4, -0.2) is 39.8 Å². The zero-order chi connectivity index (χ0) is 23.5. The average Bonchev–Trinajstić information content (AvgIpc) is 3.48. The van der Waals surface area contributed by atoms with Gasteiger partial charge < -0.3 is 4.90 Å². The molecule has 0 unspecified atom stereocenters. The van der Waals surface area contributed by atoms with Gasteiger partial charge in [-0.05, 0) is 47.0 Å². The minimum absolute atomic E-state index is 0.0514. The highest BCUT2D eigenvalue weighted by molar-refractivity contribution is 7.92. The smallest absolute Gasteiger partial charge is 0.261 e. The molecule has 0 atom stereocenters. The fraction of sp³-hybridized carbons (Fsp3) is 0.0833. The monoisotopic (exact) mass is 470 g/mol. The number of aromatic amines is 1. The van der Waals surface area contributed by atoms with Crippen molar-refractivity contribution >= 4 is 21.6 Å². The van der Waals surface area contributed by atoms with E-state index in [9.17, 15) is 13.2 Å². The van der Waals surface area contributed by atoms with Crippen LogP contribution in [0.4, 0.5) is 5.69 Å². The van der Waals surface area contributed by atoms with E-state index in [1.54, 1.807) is 35.2 Å². The van der Waals surface area contributed by atoms with Crippen molar-refractivity contribution in [3.8, 4) is 11.8 Å². The molecule has 9 nitrogen and oxygen atoms in total. The quantitative estimate of drug-likeness (QED) is 0.433. The second kappa shape index (κ2) is 8.80. The third kappa shape index (κ3) is 4.37. The van der Waals surface area contributed by atoms with Crippen molar-refractivity contribution in [2.24, 2.45) is 0 Å². The SMILES string of the molecule is O=C1c2cccc(NS(=O)(=O)c3cccc(C#Cc4nn[nH]n4)c3)c2CN1Cc1ccccc1. The minimum Gasteiger partial charge on any atom is -0.330 e. The van der Waals surface area contributed by atoms with Crippen LogP contribution in [0, 0.1) is 11.8 Å². The molecule has 2 N–H and O–H groups in total. The average molecular weight is 471 g/mol. The molecule has 5 rings (SSSR count). The molecule has 168 valence electrons. The normalized spacial score (nSPS) is 12.7. The summed E-state index contributed by atoms with van der Waals surface area (Å²) in [6.45, 7) is 0.763. The van der Waals surface area contributed by atoms with Crippen molar-refractivity contribution in [2.45, 2.75) is 18.0 Å². The van der Waals surface area contributed by atoms with E-state index in [0.717, 1.165) is 5.56 Å². The van der Waals surface area contributed by atoms with Crippen LogP contribution in [0.15, 0.2) is 77.7 Å². The van der Waals surface area contributed by atoms with Gasteiger partial charge in [0.1, 0.15) is 0 Å². The second-order valence-corrected chi connectivity index (χ2v) is 9.28. The Morgan fingerprint density at radius 2 is 1.82 bits per heavy atom. The molecule has 3 aromatic carbocycles. The number of benzene rings is 3. The number of nitrogens with one attached hydrogen (secondary N) is 2. The van der Waals surface area contributed by atoms with E-state index < -0.39 is 10.0 Å².